The summed E-state index contributed by atoms with van der Waals surface area (Å²) in [5.74, 6) is -2.51. The quantitative estimate of drug-likeness (QED) is 0.705. The molecule has 0 aliphatic carbocycles. The highest BCUT2D eigenvalue weighted by Gasteiger charge is 2.10. The van der Waals surface area contributed by atoms with Gasteiger partial charge in [-0.1, -0.05) is 18.2 Å². The van der Waals surface area contributed by atoms with Crippen LogP contribution in [-0.2, 0) is 11.2 Å². The Hall–Kier alpha value is -3.22. The zero-order valence-corrected chi connectivity index (χ0v) is 12.0. The number of nitrogens with zero attached hydrogens (tertiary/aromatic N) is 2. The number of aryl methyl sites for hydroxylation is 1. The third kappa shape index (κ3) is 4.37. The van der Waals surface area contributed by atoms with Crippen molar-refractivity contribution in [1.82, 2.24) is 0 Å². The number of rotatable bonds is 6. The molecule has 0 spiro atoms. The molecule has 0 amide bonds. The van der Waals surface area contributed by atoms with Crippen LogP contribution in [0.25, 0.3) is 0 Å². The zero-order valence-electron chi connectivity index (χ0n) is 12.0. The van der Waals surface area contributed by atoms with Gasteiger partial charge in [-0.05, 0) is 36.2 Å². The van der Waals surface area contributed by atoms with Gasteiger partial charge in [0, 0.05) is 6.42 Å². The molecule has 0 fully saturated rings. The molecule has 7 heteroatoms. The van der Waals surface area contributed by atoms with Crippen LogP contribution in [0.4, 0.5) is 11.4 Å². The molecule has 7 nitrogen and oxygen atoms in total. The van der Waals surface area contributed by atoms with Crippen LogP contribution in [0, 0.1) is 0 Å². The third-order valence-corrected chi connectivity index (χ3v) is 3.08. The molecule has 3 N–H and O–H groups in total. The Bertz CT molecular complexity index is 771. The van der Waals surface area contributed by atoms with Gasteiger partial charge < -0.3 is 15.3 Å². The average Bonchev–Trinajstić information content (AvgIpc) is 2.52. The topological polar surface area (TPSA) is 120 Å². The molecule has 0 aliphatic heterocycles. The van der Waals surface area contributed by atoms with Crippen LogP contribution in [0.5, 0.6) is 5.75 Å². The number of aromatic carboxylic acids is 1. The lowest BCUT2D eigenvalue weighted by atomic mass is 10.1. The Morgan fingerprint density at radius 2 is 1.74 bits per heavy atom. The summed E-state index contributed by atoms with van der Waals surface area (Å²) in [7, 11) is 0. The number of aromatic hydroxyl groups is 1. The number of carbonyl (C=O) groups is 2. The first-order valence-corrected chi connectivity index (χ1v) is 6.75. The second-order valence-electron chi connectivity index (χ2n) is 4.73. The fourth-order valence-corrected chi connectivity index (χ4v) is 1.93. The van der Waals surface area contributed by atoms with E-state index in [9.17, 15) is 14.7 Å². The monoisotopic (exact) mass is 314 g/mol. The van der Waals surface area contributed by atoms with Crippen LogP contribution >= 0.6 is 0 Å². The lowest BCUT2D eigenvalue weighted by Crippen LogP contribution is -1.97. The Balaban J connectivity index is 2.25. The molecule has 0 heterocycles. The van der Waals surface area contributed by atoms with Crippen molar-refractivity contribution in [3.05, 3.63) is 53.6 Å². The Kier molecular flexibility index (Phi) is 5.03. The van der Waals surface area contributed by atoms with Crippen LogP contribution in [0.3, 0.4) is 0 Å². The van der Waals surface area contributed by atoms with Gasteiger partial charge in [-0.3, -0.25) is 4.79 Å². The van der Waals surface area contributed by atoms with Crippen molar-refractivity contribution in [3.63, 3.8) is 0 Å². The van der Waals surface area contributed by atoms with Crippen molar-refractivity contribution in [3.8, 4) is 5.75 Å². The van der Waals surface area contributed by atoms with E-state index in [-0.39, 0.29) is 23.4 Å². The van der Waals surface area contributed by atoms with Gasteiger partial charge in [0.2, 0.25) is 0 Å². The van der Waals surface area contributed by atoms with Gasteiger partial charge in [0.05, 0.1) is 11.4 Å². The third-order valence-electron chi connectivity index (χ3n) is 3.08. The second-order valence-corrected chi connectivity index (χ2v) is 4.73. The lowest BCUT2D eigenvalue weighted by molar-refractivity contribution is -0.136. The van der Waals surface area contributed by atoms with Gasteiger partial charge in [-0.25, -0.2) is 4.79 Å². The maximum Gasteiger partial charge on any atom is 0.339 e. The largest absolute Gasteiger partial charge is 0.507 e. The molecule has 0 bridgehead atoms. The summed E-state index contributed by atoms with van der Waals surface area (Å²) in [6, 6.07) is 10.9. The van der Waals surface area contributed by atoms with Crippen molar-refractivity contribution >= 4 is 23.3 Å². The molecule has 23 heavy (non-hydrogen) atoms. The number of carboxylic acid groups (broad SMARTS) is 2. The van der Waals surface area contributed by atoms with E-state index in [1.165, 1.54) is 18.2 Å². The van der Waals surface area contributed by atoms with E-state index in [1.54, 1.807) is 24.3 Å². The number of azo groups is 1. The fourth-order valence-electron chi connectivity index (χ4n) is 1.93. The van der Waals surface area contributed by atoms with Crippen LogP contribution in [0.1, 0.15) is 22.3 Å². The number of carboxylic acids is 2. The van der Waals surface area contributed by atoms with Crippen LogP contribution < -0.4 is 0 Å². The van der Waals surface area contributed by atoms with Gasteiger partial charge >= 0.3 is 11.9 Å². The Morgan fingerprint density at radius 3 is 2.43 bits per heavy atom. The van der Waals surface area contributed by atoms with Crippen molar-refractivity contribution in [2.24, 2.45) is 10.2 Å². The first-order chi connectivity index (χ1) is 11.0. The number of hydrogen-bond acceptors (Lipinski definition) is 5. The zero-order chi connectivity index (χ0) is 16.8. The highest BCUT2D eigenvalue weighted by molar-refractivity contribution is 5.91. The first-order valence-electron chi connectivity index (χ1n) is 6.75. The summed E-state index contributed by atoms with van der Waals surface area (Å²) in [5, 5.41) is 35.1. The van der Waals surface area contributed by atoms with Crippen molar-refractivity contribution in [1.29, 1.82) is 0 Å². The maximum atomic E-state index is 11.0. The van der Waals surface area contributed by atoms with Crippen molar-refractivity contribution in [2.45, 2.75) is 12.8 Å². The molecule has 0 radical (unpaired) electrons. The second kappa shape index (κ2) is 7.17. The molecule has 2 aromatic rings. The van der Waals surface area contributed by atoms with Gasteiger partial charge in [0.1, 0.15) is 11.3 Å². The molecular formula is C16H14N2O5. The number of hydrogen-bond donors (Lipinski definition) is 3. The Morgan fingerprint density at radius 1 is 1.00 bits per heavy atom. The van der Waals surface area contributed by atoms with Crippen molar-refractivity contribution in [2.75, 3.05) is 0 Å². The molecule has 0 unspecified atom stereocenters. The van der Waals surface area contributed by atoms with Gasteiger partial charge in [-0.15, -0.1) is 0 Å². The van der Waals surface area contributed by atoms with Crippen molar-refractivity contribution < 1.29 is 24.9 Å². The van der Waals surface area contributed by atoms with Crippen LogP contribution in [-0.4, -0.2) is 27.3 Å². The molecule has 118 valence electrons. The van der Waals surface area contributed by atoms with Gasteiger partial charge in [-0.2, -0.15) is 10.2 Å². The standard InChI is InChI=1S/C16H14N2O5/c19-14-7-6-11(9-12(14)16(22)23)17-18-13-4-2-1-3-10(13)5-8-15(20)21/h1-4,6-7,9,19H,5,8H2,(H,20,21)(H,22,23). The lowest BCUT2D eigenvalue weighted by Gasteiger charge is -2.03. The maximum absolute atomic E-state index is 11.0. The smallest absolute Gasteiger partial charge is 0.339 e. The molecule has 0 aliphatic rings. The molecule has 0 atom stereocenters. The molecular weight excluding hydrogens is 300 g/mol. The summed E-state index contributed by atoms with van der Waals surface area (Å²) in [5.41, 5.74) is 1.25. The van der Waals surface area contributed by atoms with E-state index < -0.39 is 11.9 Å². The van der Waals surface area contributed by atoms with E-state index in [0.29, 0.717) is 12.1 Å². The van der Waals surface area contributed by atoms with Crippen LogP contribution in [0.15, 0.2) is 52.7 Å². The predicted octanol–water partition coefficient (Wildman–Crippen LogP) is 3.52. The first kappa shape index (κ1) is 16.2. The molecule has 0 aromatic heterocycles. The molecule has 0 saturated heterocycles. The molecule has 2 rings (SSSR count). The minimum atomic E-state index is -1.26. The van der Waals surface area contributed by atoms with Crippen LogP contribution in [0.2, 0.25) is 0 Å². The van der Waals surface area contributed by atoms with E-state index in [1.807, 2.05) is 0 Å². The minimum Gasteiger partial charge on any atom is -0.507 e. The van der Waals surface area contributed by atoms with E-state index in [4.69, 9.17) is 10.2 Å². The summed E-state index contributed by atoms with van der Waals surface area (Å²) in [6.07, 6.45) is 0.301. The highest BCUT2D eigenvalue weighted by Crippen LogP contribution is 2.26. The molecule has 2 aromatic carbocycles. The van der Waals surface area contributed by atoms with E-state index >= 15 is 0 Å². The normalized spacial score (nSPS) is 10.8. The fraction of sp³-hybridized carbons (Fsp3) is 0.125. The van der Waals surface area contributed by atoms with E-state index in [0.717, 1.165) is 5.56 Å². The highest BCUT2D eigenvalue weighted by atomic mass is 16.4. The molecule has 0 saturated carbocycles. The summed E-state index contributed by atoms with van der Waals surface area (Å²) in [6.45, 7) is 0. The Labute approximate surface area is 131 Å². The van der Waals surface area contributed by atoms with Gasteiger partial charge in [0.25, 0.3) is 0 Å². The number of phenols is 1. The van der Waals surface area contributed by atoms with Gasteiger partial charge in [0.15, 0.2) is 0 Å². The SMILES string of the molecule is O=C(O)CCc1ccccc1N=Nc1ccc(O)c(C(=O)O)c1. The summed E-state index contributed by atoms with van der Waals surface area (Å²) in [4.78, 5) is 21.6. The summed E-state index contributed by atoms with van der Waals surface area (Å²) >= 11 is 0. The summed E-state index contributed by atoms with van der Waals surface area (Å²) < 4.78 is 0. The minimum absolute atomic E-state index is 0.0189. The van der Waals surface area contributed by atoms with E-state index in [2.05, 4.69) is 10.2 Å². The number of aliphatic carboxylic acids is 1. The average molecular weight is 314 g/mol. The number of benzene rings is 2. The predicted molar refractivity (Wildman–Crippen MR) is 81.6 cm³/mol.